The monoisotopic (exact) mass is 323 g/mol. The van der Waals surface area contributed by atoms with Crippen molar-refractivity contribution in [1.82, 2.24) is 14.9 Å². The van der Waals surface area contributed by atoms with E-state index in [2.05, 4.69) is 32.8 Å². The van der Waals surface area contributed by atoms with E-state index in [0.29, 0.717) is 17.6 Å². The van der Waals surface area contributed by atoms with Crippen LogP contribution >= 0.6 is 0 Å². The number of pyridine rings is 2. The van der Waals surface area contributed by atoms with Gasteiger partial charge in [0.15, 0.2) is 5.69 Å². The molecule has 0 aromatic carbocycles. The maximum atomic E-state index is 9.24. The van der Waals surface area contributed by atoms with Gasteiger partial charge in [0.25, 0.3) is 0 Å². The van der Waals surface area contributed by atoms with Crippen molar-refractivity contribution in [3.8, 4) is 11.9 Å². The number of aromatic nitrogens is 2. The van der Waals surface area contributed by atoms with Crippen LogP contribution in [0.1, 0.15) is 18.3 Å². The summed E-state index contributed by atoms with van der Waals surface area (Å²) < 4.78 is 5.20. The molecule has 0 aliphatic carbocycles. The Kier molecular flexibility index (Phi) is 4.92. The molecular formula is C18H21N5O. The molecule has 2 aromatic rings. The normalized spacial score (nSPS) is 18.2. The fraction of sp³-hybridized carbons (Fsp3) is 0.389. The van der Waals surface area contributed by atoms with E-state index >= 15 is 0 Å². The van der Waals surface area contributed by atoms with Crippen molar-refractivity contribution in [3.63, 3.8) is 0 Å². The van der Waals surface area contributed by atoms with Crippen molar-refractivity contribution in [2.45, 2.75) is 19.5 Å². The molecule has 1 atom stereocenters. The fourth-order valence-corrected chi connectivity index (χ4v) is 3.05. The molecule has 0 saturated carbocycles. The van der Waals surface area contributed by atoms with Gasteiger partial charge in [0.05, 0.1) is 18.5 Å². The summed E-state index contributed by atoms with van der Waals surface area (Å²) in [5, 5.41) is 9.24. The first-order valence-electron chi connectivity index (χ1n) is 8.05. The quantitative estimate of drug-likeness (QED) is 0.858. The van der Waals surface area contributed by atoms with Crippen LogP contribution in [0.5, 0.6) is 5.88 Å². The second-order valence-corrected chi connectivity index (χ2v) is 5.92. The van der Waals surface area contributed by atoms with Crippen LogP contribution in [0.3, 0.4) is 0 Å². The van der Waals surface area contributed by atoms with Gasteiger partial charge in [-0.05, 0) is 25.1 Å². The Labute approximate surface area is 142 Å². The van der Waals surface area contributed by atoms with Gasteiger partial charge in [-0.15, -0.1) is 0 Å². The third-order valence-corrected chi connectivity index (χ3v) is 4.35. The molecule has 1 aliphatic rings. The molecule has 1 unspecified atom stereocenters. The third kappa shape index (κ3) is 3.47. The summed E-state index contributed by atoms with van der Waals surface area (Å²) >= 11 is 0. The lowest BCUT2D eigenvalue weighted by molar-refractivity contribution is 0.178. The van der Waals surface area contributed by atoms with Crippen LogP contribution in [-0.4, -0.2) is 47.7 Å². The second-order valence-electron chi connectivity index (χ2n) is 5.92. The van der Waals surface area contributed by atoms with Crippen molar-refractivity contribution in [3.05, 3.63) is 47.9 Å². The van der Waals surface area contributed by atoms with Crippen LogP contribution < -0.4 is 9.64 Å². The number of hydrogen-bond acceptors (Lipinski definition) is 6. The number of ether oxygens (including phenoxy) is 1. The van der Waals surface area contributed by atoms with Crippen LogP contribution in [0.15, 0.2) is 36.5 Å². The number of rotatable bonds is 4. The highest BCUT2D eigenvalue weighted by atomic mass is 16.5. The van der Waals surface area contributed by atoms with E-state index < -0.39 is 0 Å². The molecule has 0 bridgehead atoms. The van der Waals surface area contributed by atoms with E-state index in [1.165, 1.54) is 0 Å². The third-order valence-electron chi connectivity index (χ3n) is 4.35. The molecule has 24 heavy (non-hydrogen) atoms. The molecule has 1 saturated heterocycles. The van der Waals surface area contributed by atoms with Crippen molar-refractivity contribution in [2.24, 2.45) is 0 Å². The summed E-state index contributed by atoms with van der Waals surface area (Å²) in [6, 6.07) is 12.2. The first-order chi connectivity index (χ1) is 11.7. The molecule has 6 nitrogen and oxygen atoms in total. The Balaban J connectivity index is 1.68. The van der Waals surface area contributed by atoms with E-state index in [4.69, 9.17) is 4.74 Å². The van der Waals surface area contributed by atoms with E-state index in [-0.39, 0.29) is 0 Å². The Morgan fingerprint density at radius 1 is 1.29 bits per heavy atom. The first kappa shape index (κ1) is 16.2. The molecule has 0 radical (unpaired) electrons. The largest absolute Gasteiger partial charge is 0.481 e. The number of methoxy groups -OCH3 is 1. The van der Waals surface area contributed by atoms with Crippen LogP contribution in [-0.2, 0) is 6.54 Å². The highest BCUT2D eigenvalue weighted by Gasteiger charge is 2.25. The Hall–Kier alpha value is -2.65. The number of nitrogens with zero attached hydrogens (tertiary/aromatic N) is 5. The van der Waals surface area contributed by atoms with Gasteiger partial charge in [0.2, 0.25) is 5.88 Å². The zero-order valence-electron chi connectivity index (χ0n) is 14.0. The van der Waals surface area contributed by atoms with E-state index in [1.54, 1.807) is 13.3 Å². The first-order valence-corrected chi connectivity index (χ1v) is 8.05. The van der Waals surface area contributed by atoms with Crippen molar-refractivity contribution in [1.29, 1.82) is 5.26 Å². The Morgan fingerprint density at radius 3 is 2.92 bits per heavy atom. The summed E-state index contributed by atoms with van der Waals surface area (Å²) in [4.78, 5) is 13.3. The van der Waals surface area contributed by atoms with E-state index in [1.807, 2.05) is 30.3 Å². The van der Waals surface area contributed by atoms with Crippen LogP contribution in [0.2, 0.25) is 0 Å². The number of nitriles is 1. The molecule has 6 heteroatoms. The summed E-state index contributed by atoms with van der Waals surface area (Å²) in [6.45, 7) is 5.65. The van der Waals surface area contributed by atoms with Crippen LogP contribution in [0, 0.1) is 11.3 Å². The molecule has 0 amide bonds. The van der Waals surface area contributed by atoms with Crippen molar-refractivity contribution >= 4 is 5.69 Å². The van der Waals surface area contributed by atoms with Crippen molar-refractivity contribution < 1.29 is 4.74 Å². The smallest absolute Gasteiger partial charge is 0.213 e. The summed E-state index contributed by atoms with van der Waals surface area (Å²) in [6.07, 6.45) is 1.66. The minimum atomic E-state index is 0.360. The summed E-state index contributed by atoms with van der Waals surface area (Å²) in [7, 11) is 1.63. The van der Waals surface area contributed by atoms with Gasteiger partial charge in [0.1, 0.15) is 6.07 Å². The zero-order valence-corrected chi connectivity index (χ0v) is 14.0. The predicted octanol–water partition coefficient (Wildman–Crippen LogP) is 2.07. The van der Waals surface area contributed by atoms with Gasteiger partial charge in [-0.2, -0.15) is 5.26 Å². The maximum Gasteiger partial charge on any atom is 0.213 e. The fourth-order valence-electron chi connectivity index (χ4n) is 3.05. The minimum absolute atomic E-state index is 0.360. The maximum absolute atomic E-state index is 9.24. The van der Waals surface area contributed by atoms with E-state index in [0.717, 1.165) is 37.6 Å². The van der Waals surface area contributed by atoms with Gasteiger partial charge in [-0.3, -0.25) is 4.90 Å². The SMILES string of the molecule is COc1cccc(CN2CCN(c3cccnc3C#N)CC2C)n1. The van der Waals surface area contributed by atoms with Gasteiger partial charge in [-0.1, -0.05) is 6.07 Å². The molecule has 0 N–H and O–H groups in total. The van der Waals surface area contributed by atoms with Crippen LogP contribution in [0.25, 0.3) is 0 Å². The molecule has 3 heterocycles. The molecule has 2 aromatic heterocycles. The average molecular weight is 323 g/mol. The second kappa shape index (κ2) is 7.28. The molecular weight excluding hydrogens is 302 g/mol. The summed E-state index contributed by atoms with van der Waals surface area (Å²) in [5.41, 5.74) is 2.42. The molecule has 1 aliphatic heterocycles. The lowest BCUT2D eigenvalue weighted by Gasteiger charge is -2.40. The average Bonchev–Trinajstić information content (AvgIpc) is 2.63. The number of piperazine rings is 1. The molecule has 124 valence electrons. The lowest BCUT2D eigenvalue weighted by Crippen LogP contribution is -2.51. The predicted molar refractivity (Wildman–Crippen MR) is 91.8 cm³/mol. The topological polar surface area (TPSA) is 65.3 Å². The van der Waals surface area contributed by atoms with Crippen molar-refractivity contribution in [2.75, 3.05) is 31.6 Å². The molecule has 1 fully saturated rings. The molecule has 0 spiro atoms. The highest BCUT2D eigenvalue weighted by molar-refractivity contribution is 5.56. The minimum Gasteiger partial charge on any atom is -0.481 e. The van der Waals surface area contributed by atoms with Gasteiger partial charge in [-0.25, -0.2) is 9.97 Å². The zero-order chi connectivity index (χ0) is 16.9. The number of hydrogen-bond donors (Lipinski definition) is 0. The van der Waals surface area contributed by atoms with E-state index in [9.17, 15) is 5.26 Å². The van der Waals surface area contributed by atoms with Gasteiger partial charge >= 0.3 is 0 Å². The Morgan fingerprint density at radius 2 is 2.17 bits per heavy atom. The molecule has 3 rings (SSSR count). The van der Waals surface area contributed by atoms with Crippen LogP contribution in [0.4, 0.5) is 5.69 Å². The number of anilines is 1. The highest BCUT2D eigenvalue weighted by Crippen LogP contribution is 2.22. The standard InChI is InChI=1S/C18H21N5O/c1-14-12-23(17-6-4-8-20-16(17)11-19)10-9-22(14)13-15-5-3-7-18(21-15)24-2/h3-8,14H,9-10,12-13H2,1-2H3. The summed E-state index contributed by atoms with van der Waals surface area (Å²) in [5.74, 6) is 0.646. The Bertz CT molecular complexity index is 742. The van der Waals surface area contributed by atoms with Gasteiger partial charge < -0.3 is 9.64 Å². The van der Waals surface area contributed by atoms with Gasteiger partial charge in [0, 0.05) is 44.5 Å². The lowest BCUT2D eigenvalue weighted by atomic mass is 10.1.